The molecule has 3 nitrogen and oxygen atoms in total. The van der Waals surface area contributed by atoms with E-state index in [4.69, 9.17) is 11.6 Å². The minimum Gasteiger partial charge on any atom is -0.266 e. The number of rotatable bonds is 4. The van der Waals surface area contributed by atoms with Crippen LogP contribution in [0.1, 0.15) is 20.8 Å². The molecule has 0 spiro atoms. The van der Waals surface area contributed by atoms with E-state index in [1.165, 1.54) is 16.2 Å². The first-order valence-corrected chi connectivity index (χ1v) is 9.66. The number of nitrogens with one attached hydrogen (secondary N) is 1. The molecule has 0 saturated heterocycles. The number of nitrogens with zero attached hydrogens (tertiary/aromatic N) is 1. The first-order chi connectivity index (χ1) is 11.6. The van der Waals surface area contributed by atoms with Gasteiger partial charge in [0.25, 0.3) is 5.91 Å². The van der Waals surface area contributed by atoms with Crippen LogP contribution in [0, 0.1) is 6.92 Å². The van der Waals surface area contributed by atoms with Crippen molar-refractivity contribution in [2.24, 2.45) is 5.10 Å². The second-order valence-electron chi connectivity index (χ2n) is 5.22. The Hall–Kier alpha value is -1.82. The van der Waals surface area contributed by atoms with Crippen molar-refractivity contribution in [3.8, 4) is 0 Å². The molecule has 0 atom stereocenters. The standard InChI is InChI=1S/C18H15ClN2OS2/c1-11-3-8-14-15(9-11)24-17(16(14)19)18(22)21-20-10-12-4-6-13(23-2)7-5-12/h3-10H,1-2H3,(H,21,22)/b20-10+. The number of carbonyl (C=O) groups excluding carboxylic acids is 1. The number of fused-ring (bicyclic) bond motifs is 1. The van der Waals surface area contributed by atoms with Gasteiger partial charge in [-0.15, -0.1) is 23.1 Å². The monoisotopic (exact) mass is 374 g/mol. The van der Waals surface area contributed by atoms with Crippen LogP contribution in [0.3, 0.4) is 0 Å². The summed E-state index contributed by atoms with van der Waals surface area (Å²) in [6.45, 7) is 2.01. The number of aryl methyl sites for hydroxylation is 1. The van der Waals surface area contributed by atoms with Crippen molar-refractivity contribution in [3.63, 3.8) is 0 Å². The van der Waals surface area contributed by atoms with E-state index in [-0.39, 0.29) is 5.91 Å². The normalized spacial score (nSPS) is 11.3. The molecule has 3 rings (SSSR count). The van der Waals surface area contributed by atoms with E-state index >= 15 is 0 Å². The van der Waals surface area contributed by atoms with Gasteiger partial charge in [0.2, 0.25) is 0 Å². The molecule has 0 bridgehead atoms. The minimum absolute atomic E-state index is 0.296. The maximum atomic E-state index is 12.3. The minimum atomic E-state index is -0.296. The lowest BCUT2D eigenvalue weighted by molar-refractivity contribution is 0.0959. The molecule has 24 heavy (non-hydrogen) atoms. The first kappa shape index (κ1) is 17.0. The molecule has 2 aromatic carbocycles. The Labute approximate surface area is 153 Å². The second-order valence-corrected chi connectivity index (χ2v) is 7.53. The second kappa shape index (κ2) is 7.38. The number of hydrogen-bond donors (Lipinski definition) is 1. The third kappa shape index (κ3) is 3.64. The molecule has 1 amide bonds. The summed E-state index contributed by atoms with van der Waals surface area (Å²) in [4.78, 5) is 14.0. The van der Waals surface area contributed by atoms with Gasteiger partial charge in [0.15, 0.2) is 0 Å². The molecule has 0 unspecified atom stereocenters. The number of halogens is 1. The zero-order valence-corrected chi connectivity index (χ0v) is 15.6. The highest BCUT2D eigenvalue weighted by molar-refractivity contribution is 7.98. The summed E-state index contributed by atoms with van der Waals surface area (Å²) in [6.07, 6.45) is 3.65. The lowest BCUT2D eigenvalue weighted by atomic mass is 10.2. The fourth-order valence-electron chi connectivity index (χ4n) is 2.22. The third-order valence-corrected chi connectivity index (χ3v) is 5.89. The molecule has 0 aliphatic heterocycles. The van der Waals surface area contributed by atoms with Gasteiger partial charge in [-0.1, -0.05) is 35.9 Å². The van der Waals surface area contributed by atoms with Gasteiger partial charge >= 0.3 is 0 Å². The van der Waals surface area contributed by atoms with Crippen LogP contribution >= 0.6 is 34.7 Å². The van der Waals surface area contributed by atoms with E-state index in [1.54, 1.807) is 18.0 Å². The maximum Gasteiger partial charge on any atom is 0.283 e. The predicted octanol–water partition coefficient (Wildman–Crippen LogP) is 5.35. The summed E-state index contributed by atoms with van der Waals surface area (Å²) < 4.78 is 1.00. The molecule has 0 saturated carbocycles. The summed E-state index contributed by atoms with van der Waals surface area (Å²) in [5.74, 6) is -0.296. The molecule has 6 heteroatoms. The Morgan fingerprint density at radius 3 is 2.71 bits per heavy atom. The van der Waals surface area contributed by atoms with Crippen LogP contribution in [0.2, 0.25) is 5.02 Å². The summed E-state index contributed by atoms with van der Waals surface area (Å²) in [5, 5.41) is 5.39. The van der Waals surface area contributed by atoms with Gasteiger partial charge < -0.3 is 0 Å². The Morgan fingerprint density at radius 1 is 1.25 bits per heavy atom. The predicted molar refractivity (Wildman–Crippen MR) is 105 cm³/mol. The lowest BCUT2D eigenvalue weighted by Gasteiger charge is -1.98. The Kier molecular flexibility index (Phi) is 5.23. The van der Waals surface area contributed by atoms with Crippen LogP contribution in [0.5, 0.6) is 0 Å². The number of benzene rings is 2. The zero-order valence-electron chi connectivity index (χ0n) is 13.2. The molecule has 3 aromatic rings. The summed E-state index contributed by atoms with van der Waals surface area (Å²) in [6, 6.07) is 13.9. The van der Waals surface area contributed by atoms with E-state index < -0.39 is 0 Å². The topological polar surface area (TPSA) is 41.5 Å². The molecule has 0 radical (unpaired) electrons. The van der Waals surface area contributed by atoms with Crippen LogP contribution in [-0.4, -0.2) is 18.4 Å². The molecule has 1 heterocycles. The van der Waals surface area contributed by atoms with Crippen molar-refractivity contribution in [2.45, 2.75) is 11.8 Å². The number of thioether (sulfide) groups is 1. The molecule has 1 N–H and O–H groups in total. The van der Waals surface area contributed by atoms with Gasteiger partial charge in [-0.25, -0.2) is 5.43 Å². The molecule has 1 aromatic heterocycles. The van der Waals surface area contributed by atoms with E-state index in [9.17, 15) is 4.79 Å². The maximum absolute atomic E-state index is 12.3. The highest BCUT2D eigenvalue weighted by Crippen LogP contribution is 2.35. The SMILES string of the molecule is CSc1ccc(/C=N/NC(=O)c2sc3cc(C)ccc3c2Cl)cc1. The van der Waals surface area contributed by atoms with Crippen LogP contribution in [0.25, 0.3) is 10.1 Å². The van der Waals surface area contributed by atoms with Crippen LogP contribution < -0.4 is 5.43 Å². The lowest BCUT2D eigenvalue weighted by Crippen LogP contribution is -2.16. The number of carbonyl (C=O) groups is 1. The average Bonchev–Trinajstić information content (AvgIpc) is 2.91. The zero-order chi connectivity index (χ0) is 17.1. The van der Waals surface area contributed by atoms with Gasteiger partial charge in [0.1, 0.15) is 4.88 Å². The molecule has 0 aliphatic carbocycles. The molecule has 0 aliphatic rings. The smallest absolute Gasteiger partial charge is 0.266 e. The summed E-state index contributed by atoms with van der Waals surface area (Å²) in [5.41, 5.74) is 4.60. The number of amides is 1. The van der Waals surface area contributed by atoms with E-state index in [2.05, 4.69) is 10.5 Å². The molecule has 122 valence electrons. The summed E-state index contributed by atoms with van der Waals surface area (Å²) >= 11 is 9.39. The van der Waals surface area contributed by atoms with Gasteiger partial charge in [-0.05, 0) is 42.5 Å². The highest BCUT2D eigenvalue weighted by atomic mass is 35.5. The Bertz CT molecular complexity index is 917. The quantitative estimate of drug-likeness (QED) is 0.380. The van der Waals surface area contributed by atoms with E-state index in [1.807, 2.05) is 55.6 Å². The van der Waals surface area contributed by atoms with Crippen LogP contribution in [-0.2, 0) is 0 Å². The fourth-order valence-corrected chi connectivity index (χ4v) is 4.14. The number of hydrazone groups is 1. The molecule has 0 fully saturated rings. The van der Waals surface area contributed by atoms with Gasteiger partial charge in [0.05, 0.1) is 11.2 Å². The first-order valence-electron chi connectivity index (χ1n) is 7.24. The van der Waals surface area contributed by atoms with Gasteiger partial charge in [-0.2, -0.15) is 5.10 Å². The van der Waals surface area contributed by atoms with E-state index in [0.717, 1.165) is 21.2 Å². The average molecular weight is 375 g/mol. The van der Waals surface area contributed by atoms with Crippen molar-refractivity contribution < 1.29 is 4.79 Å². The summed E-state index contributed by atoms with van der Waals surface area (Å²) in [7, 11) is 0. The van der Waals surface area contributed by atoms with Crippen molar-refractivity contribution in [1.29, 1.82) is 0 Å². The highest BCUT2D eigenvalue weighted by Gasteiger charge is 2.16. The van der Waals surface area contributed by atoms with E-state index in [0.29, 0.717) is 9.90 Å². The van der Waals surface area contributed by atoms with Crippen molar-refractivity contribution >= 4 is 56.9 Å². The number of thiophene rings is 1. The van der Waals surface area contributed by atoms with Gasteiger partial charge in [-0.3, -0.25) is 4.79 Å². The molecular formula is C18H15ClN2OS2. The molecular weight excluding hydrogens is 360 g/mol. The van der Waals surface area contributed by atoms with Crippen molar-refractivity contribution in [3.05, 3.63) is 63.5 Å². The Balaban J connectivity index is 1.74. The van der Waals surface area contributed by atoms with Crippen molar-refractivity contribution in [2.75, 3.05) is 6.26 Å². The van der Waals surface area contributed by atoms with Crippen LogP contribution in [0.15, 0.2) is 52.5 Å². The third-order valence-electron chi connectivity index (χ3n) is 3.49. The van der Waals surface area contributed by atoms with Gasteiger partial charge in [0, 0.05) is 15.0 Å². The van der Waals surface area contributed by atoms with Crippen LogP contribution in [0.4, 0.5) is 0 Å². The Morgan fingerprint density at radius 2 is 2.00 bits per heavy atom. The number of hydrogen-bond acceptors (Lipinski definition) is 4. The largest absolute Gasteiger partial charge is 0.283 e. The van der Waals surface area contributed by atoms with Crippen molar-refractivity contribution in [1.82, 2.24) is 5.43 Å². The fraction of sp³-hybridized carbons (Fsp3) is 0.111.